The molecule has 3 aliphatic rings. The van der Waals surface area contributed by atoms with Crippen LogP contribution in [0.5, 0.6) is 0 Å². The number of fused-ring (bicyclic) bond motifs is 1. The molecular weight excluding hydrogens is 530 g/mol. The van der Waals surface area contributed by atoms with Crippen LogP contribution >= 0.6 is 0 Å². The number of aliphatic hydroxyl groups is 1. The maximum Gasteiger partial charge on any atom is 0.258 e. The maximum atomic E-state index is 13.6. The molecule has 1 amide bonds. The van der Waals surface area contributed by atoms with E-state index in [0.717, 1.165) is 25.9 Å². The molecule has 1 aliphatic carbocycles. The third kappa shape index (κ3) is 6.24. The molecule has 13 heteroatoms. The molecule has 1 aromatic heterocycles. The Morgan fingerprint density at radius 3 is 2.54 bits per heavy atom. The Labute approximate surface area is 226 Å². The van der Waals surface area contributed by atoms with Gasteiger partial charge in [-0.2, -0.15) is 4.98 Å². The largest absolute Gasteiger partial charge is 0.395 e. The normalized spacial score (nSPS) is 24.2. The summed E-state index contributed by atoms with van der Waals surface area (Å²) in [5.41, 5.74) is 2.19. The number of aliphatic hydroxyl groups excluding tert-OH is 1. The highest BCUT2D eigenvalue weighted by atomic mass is 32.2. The zero-order valence-corrected chi connectivity index (χ0v) is 22.9. The molecule has 0 unspecified atom stereocenters. The lowest BCUT2D eigenvalue weighted by molar-refractivity contribution is -0.0222. The number of carbonyl (C=O) groups is 1. The molecule has 1 saturated carbocycles. The molecule has 5 rings (SSSR count). The first-order valence-corrected chi connectivity index (χ1v) is 14.8. The fraction of sp³-hybridized carbons (Fsp3) is 0.577. The van der Waals surface area contributed by atoms with E-state index in [1.165, 1.54) is 6.07 Å². The summed E-state index contributed by atoms with van der Waals surface area (Å²) in [7, 11) is -3.74. The van der Waals surface area contributed by atoms with Gasteiger partial charge in [0.25, 0.3) is 11.8 Å². The number of benzene rings is 1. The van der Waals surface area contributed by atoms with E-state index < -0.39 is 34.2 Å². The molecule has 10 nitrogen and oxygen atoms in total. The molecule has 2 atom stereocenters. The smallest absolute Gasteiger partial charge is 0.258 e. The fourth-order valence-corrected chi connectivity index (χ4v) is 6.27. The van der Waals surface area contributed by atoms with Gasteiger partial charge in [-0.1, -0.05) is 6.92 Å². The van der Waals surface area contributed by atoms with Crippen LogP contribution in [0.1, 0.15) is 48.7 Å². The van der Waals surface area contributed by atoms with Crippen LogP contribution in [0.15, 0.2) is 24.3 Å². The van der Waals surface area contributed by atoms with Gasteiger partial charge in [0.2, 0.25) is 16.0 Å². The third-order valence-electron chi connectivity index (χ3n) is 8.01. The highest BCUT2D eigenvalue weighted by molar-refractivity contribution is 7.92. The van der Waals surface area contributed by atoms with E-state index in [2.05, 4.69) is 31.8 Å². The van der Waals surface area contributed by atoms with Crippen molar-refractivity contribution >= 4 is 39.1 Å². The minimum atomic E-state index is -3.74. The van der Waals surface area contributed by atoms with Crippen LogP contribution in [0.4, 0.5) is 31.9 Å². The summed E-state index contributed by atoms with van der Waals surface area (Å²) >= 11 is 0. The van der Waals surface area contributed by atoms with Crippen molar-refractivity contribution in [1.29, 1.82) is 0 Å². The van der Waals surface area contributed by atoms with E-state index >= 15 is 0 Å². The van der Waals surface area contributed by atoms with E-state index in [1.54, 1.807) is 30.0 Å². The summed E-state index contributed by atoms with van der Waals surface area (Å²) in [5.74, 6) is -2.49. The number of carbonyl (C=O) groups excluding carboxylic acids is 1. The van der Waals surface area contributed by atoms with Crippen LogP contribution < -0.4 is 19.8 Å². The third-order valence-corrected chi connectivity index (χ3v) is 9.28. The Hall–Kier alpha value is -3.06. The van der Waals surface area contributed by atoms with Crippen LogP contribution in [-0.4, -0.2) is 73.9 Å². The lowest BCUT2D eigenvalue weighted by Crippen LogP contribution is -2.40. The van der Waals surface area contributed by atoms with E-state index in [1.807, 2.05) is 0 Å². The molecule has 0 bridgehead atoms. The van der Waals surface area contributed by atoms with Gasteiger partial charge in [-0.15, -0.1) is 0 Å². The number of aromatic nitrogens is 2. The van der Waals surface area contributed by atoms with Crippen LogP contribution in [0.25, 0.3) is 0 Å². The van der Waals surface area contributed by atoms with Crippen LogP contribution in [0, 0.1) is 18.3 Å². The van der Waals surface area contributed by atoms with Gasteiger partial charge in [0.15, 0.2) is 0 Å². The van der Waals surface area contributed by atoms with Crippen molar-refractivity contribution in [3.05, 3.63) is 35.5 Å². The van der Waals surface area contributed by atoms with Gasteiger partial charge in [0, 0.05) is 50.8 Å². The molecule has 3 heterocycles. The van der Waals surface area contributed by atoms with Crippen molar-refractivity contribution in [3.8, 4) is 0 Å². The van der Waals surface area contributed by atoms with Gasteiger partial charge in [-0.05, 0) is 49.3 Å². The quantitative estimate of drug-likeness (QED) is 0.446. The van der Waals surface area contributed by atoms with Gasteiger partial charge in [0.05, 0.1) is 29.3 Å². The SMILES string of the molecule is Cc1cc(NC(=O)c2ccc(NS(=O)(=O)CCO)cc2N2CC[C@]3(C)C[C@@H]3C2)nc(N2CCC(F)(F)CC2)n1. The summed E-state index contributed by atoms with van der Waals surface area (Å²) in [6, 6.07) is 6.36. The van der Waals surface area contributed by atoms with Gasteiger partial charge in [-0.3, -0.25) is 9.52 Å². The molecule has 2 saturated heterocycles. The molecule has 39 heavy (non-hydrogen) atoms. The summed E-state index contributed by atoms with van der Waals surface area (Å²) in [4.78, 5) is 26.2. The number of sulfonamides is 1. The zero-order chi connectivity index (χ0) is 28.0. The van der Waals surface area contributed by atoms with Gasteiger partial charge >= 0.3 is 0 Å². The van der Waals surface area contributed by atoms with Crippen LogP contribution in [0.2, 0.25) is 0 Å². The first-order chi connectivity index (χ1) is 18.4. The van der Waals surface area contributed by atoms with Gasteiger partial charge in [0.1, 0.15) is 5.82 Å². The summed E-state index contributed by atoms with van der Waals surface area (Å²) in [6.07, 6.45) is 1.54. The molecule has 2 aliphatic heterocycles. The number of rotatable bonds is 8. The van der Waals surface area contributed by atoms with E-state index in [0.29, 0.717) is 39.9 Å². The molecule has 0 radical (unpaired) electrons. The summed E-state index contributed by atoms with van der Waals surface area (Å²) < 4.78 is 54.2. The lowest BCUT2D eigenvalue weighted by Gasteiger charge is -2.33. The average molecular weight is 565 g/mol. The molecule has 2 aromatic rings. The zero-order valence-electron chi connectivity index (χ0n) is 22.1. The van der Waals surface area contributed by atoms with E-state index in [4.69, 9.17) is 5.11 Å². The number of halogens is 2. The van der Waals surface area contributed by atoms with E-state index in [9.17, 15) is 22.0 Å². The van der Waals surface area contributed by atoms with Crippen molar-refractivity contribution in [2.45, 2.75) is 45.5 Å². The van der Waals surface area contributed by atoms with Gasteiger partial charge in [-0.25, -0.2) is 22.2 Å². The molecule has 0 spiro atoms. The van der Waals surface area contributed by atoms with Crippen molar-refractivity contribution < 1.29 is 27.1 Å². The highest BCUT2D eigenvalue weighted by Crippen LogP contribution is 2.58. The number of alkyl halides is 2. The standard InChI is InChI=1S/C26H34F2N6O4S/c1-17-13-22(31-24(29-17)33-9-6-26(27,28)7-10-33)30-23(36)20-4-3-19(32-39(37,38)12-11-35)14-21(20)34-8-5-25(2)15-18(25)16-34/h3-4,13-14,18,32,35H,5-12,15-16H2,1-2H3,(H,29,30,31,36)/t18-,25-/m1/s1. The Morgan fingerprint density at radius 1 is 1.13 bits per heavy atom. The number of amides is 1. The monoisotopic (exact) mass is 564 g/mol. The van der Waals surface area contributed by atoms with Crippen LogP contribution in [0.3, 0.4) is 0 Å². The number of piperidine rings is 2. The van der Waals surface area contributed by atoms with Gasteiger partial charge < -0.3 is 20.2 Å². The molecule has 3 N–H and O–H groups in total. The predicted octanol–water partition coefficient (Wildman–Crippen LogP) is 3.24. The number of hydrogen-bond donors (Lipinski definition) is 3. The second-order valence-electron chi connectivity index (χ2n) is 11.1. The van der Waals surface area contributed by atoms with Crippen LogP contribution in [-0.2, 0) is 10.0 Å². The number of anilines is 4. The summed E-state index contributed by atoms with van der Waals surface area (Å²) in [5, 5.41) is 11.9. The van der Waals surface area contributed by atoms with Crippen molar-refractivity contribution in [2.75, 3.05) is 58.4 Å². The first kappa shape index (κ1) is 27.5. The predicted molar refractivity (Wildman–Crippen MR) is 145 cm³/mol. The molecule has 1 aromatic carbocycles. The topological polar surface area (TPSA) is 128 Å². The number of nitrogens with zero attached hydrogens (tertiary/aromatic N) is 4. The Balaban J connectivity index is 1.40. The minimum absolute atomic E-state index is 0.122. The van der Waals surface area contributed by atoms with Crippen molar-refractivity contribution in [1.82, 2.24) is 9.97 Å². The number of hydrogen-bond acceptors (Lipinski definition) is 8. The van der Waals surface area contributed by atoms with Crippen molar-refractivity contribution in [3.63, 3.8) is 0 Å². The molecule has 3 fully saturated rings. The Kier molecular flexibility index (Phi) is 7.17. The first-order valence-electron chi connectivity index (χ1n) is 13.2. The lowest BCUT2D eigenvalue weighted by atomic mass is 9.96. The number of nitrogens with one attached hydrogen (secondary N) is 2. The minimum Gasteiger partial charge on any atom is -0.395 e. The second-order valence-corrected chi connectivity index (χ2v) is 13.0. The fourth-order valence-electron chi connectivity index (χ4n) is 5.44. The van der Waals surface area contributed by atoms with Crippen molar-refractivity contribution in [2.24, 2.45) is 11.3 Å². The Bertz CT molecular complexity index is 1360. The highest BCUT2D eigenvalue weighted by Gasteiger charge is 2.52. The number of aryl methyl sites for hydroxylation is 1. The average Bonchev–Trinajstić information content (AvgIpc) is 3.53. The summed E-state index contributed by atoms with van der Waals surface area (Å²) in [6.45, 7) is 5.25. The maximum absolute atomic E-state index is 13.6. The second kappa shape index (κ2) is 10.2. The van der Waals surface area contributed by atoms with E-state index in [-0.39, 0.29) is 31.7 Å². The molecule has 212 valence electrons. The Morgan fingerprint density at radius 2 is 1.85 bits per heavy atom. The molecular formula is C26H34F2N6O4S.